The standard InChI is InChI=1S/C8H5F2NO3S/c1-15(12,13)8-11-6-4(9)2-3-5(10)7(6)14-8/h2-3H,1H3. The van der Waals surface area contributed by atoms with Gasteiger partial charge in [0.15, 0.2) is 17.2 Å². The Balaban J connectivity index is 2.87. The van der Waals surface area contributed by atoms with Crippen LogP contribution in [-0.2, 0) is 9.84 Å². The zero-order chi connectivity index (χ0) is 11.2. The number of aromatic nitrogens is 1. The Morgan fingerprint density at radius 1 is 1.27 bits per heavy atom. The molecule has 0 amide bonds. The topological polar surface area (TPSA) is 60.2 Å². The summed E-state index contributed by atoms with van der Waals surface area (Å²) in [6.45, 7) is 0. The first kappa shape index (κ1) is 10.0. The summed E-state index contributed by atoms with van der Waals surface area (Å²) < 4.78 is 52.8. The lowest BCUT2D eigenvalue weighted by molar-refractivity contribution is 0.448. The van der Waals surface area contributed by atoms with E-state index in [1.165, 1.54) is 0 Å². The maximum atomic E-state index is 13.1. The van der Waals surface area contributed by atoms with Crippen LogP contribution in [-0.4, -0.2) is 19.7 Å². The van der Waals surface area contributed by atoms with Gasteiger partial charge >= 0.3 is 5.22 Å². The van der Waals surface area contributed by atoms with E-state index in [1.807, 2.05) is 0 Å². The fourth-order valence-corrected chi connectivity index (χ4v) is 1.58. The van der Waals surface area contributed by atoms with Gasteiger partial charge in [-0.2, -0.15) is 4.98 Å². The molecular formula is C8H5F2NO3S. The lowest BCUT2D eigenvalue weighted by atomic mass is 10.3. The molecular weight excluding hydrogens is 228 g/mol. The third-order valence-electron chi connectivity index (χ3n) is 1.74. The van der Waals surface area contributed by atoms with Gasteiger partial charge in [-0.15, -0.1) is 0 Å². The lowest BCUT2D eigenvalue weighted by Crippen LogP contribution is -1.96. The van der Waals surface area contributed by atoms with Crippen LogP contribution in [0.4, 0.5) is 8.78 Å². The van der Waals surface area contributed by atoms with Crippen molar-refractivity contribution in [2.75, 3.05) is 6.26 Å². The highest BCUT2D eigenvalue weighted by molar-refractivity contribution is 7.90. The molecule has 0 saturated carbocycles. The van der Waals surface area contributed by atoms with Crippen LogP contribution in [0, 0.1) is 11.6 Å². The first-order valence-corrected chi connectivity index (χ1v) is 5.73. The molecule has 0 N–H and O–H groups in total. The minimum Gasteiger partial charge on any atom is -0.425 e. The van der Waals surface area contributed by atoms with E-state index < -0.39 is 37.8 Å². The molecule has 15 heavy (non-hydrogen) atoms. The van der Waals surface area contributed by atoms with E-state index in [4.69, 9.17) is 0 Å². The molecule has 0 bridgehead atoms. The number of sulfone groups is 1. The van der Waals surface area contributed by atoms with Gasteiger partial charge in [-0.05, 0) is 12.1 Å². The SMILES string of the molecule is CS(=O)(=O)c1nc2c(F)ccc(F)c2o1. The van der Waals surface area contributed by atoms with Crippen molar-refractivity contribution in [3.8, 4) is 0 Å². The average molecular weight is 233 g/mol. The summed E-state index contributed by atoms with van der Waals surface area (Å²) >= 11 is 0. The molecule has 0 fully saturated rings. The molecule has 0 radical (unpaired) electrons. The van der Waals surface area contributed by atoms with Gasteiger partial charge in [0.05, 0.1) is 0 Å². The Morgan fingerprint density at radius 2 is 1.87 bits per heavy atom. The van der Waals surface area contributed by atoms with E-state index in [9.17, 15) is 17.2 Å². The fraction of sp³-hybridized carbons (Fsp3) is 0.125. The third kappa shape index (κ3) is 1.58. The highest BCUT2D eigenvalue weighted by Gasteiger charge is 2.20. The minimum atomic E-state index is -3.71. The number of rotatable bonds is 1. The van der Waals surface area contributed by atoms with E-state index >= 15 is 0 Å². The maximum Gasteiger partial charge on any atom is 0.315 e. The predicted octanol–water partition coefficient (Wildman–Crippen LogP) is 1.51. The Morgan fingerprint density at radius 3 is 2.40 bits per heavy atom. The van der Waals surface area contributed by atoms with Crippen molar-refractivity contribution in [3.05, 3.63) is 23.8 Å². The Labute approximate surface area is 83.4 Å². The molecule has 7 heteroatoms. The van der Waals surface area contributed by atoms with Crippen LogP contribution in [0.5, 0.6) is 0 Å². The molecule has 0 aliphatic carbocycles. The summed E-state index contributed by atoms with van der Waals surface area (Å²) in [6.07, 6.45) is 0.841. The zero-order valence-corrected chi connectivity index (χ0v) is 8.31. The van der Waals surface area contributed by atoms with Gasteiger partial charge in [0, 0.05) is 6.26 Å². The molecule has 1 aromatic heterocycles. The second-order valence-electron chi connectivity index (χ2n) is 2.96. The number of nitrogens with zero attached hydrogens (tertiary/aromatic N) is 1. The number of benzene rings is 1. The summed E-state index contributed by atoms with van der Waals surface area (Å²) in [4.78, 5) is 3.37. The van der Waals surface area contributed by atoms with Gasteiger partial charge in [0.1, 0.15) is 5.52 Å². The van der Waals surface area contributed by atoms with E-state index in [0.717, 1.165) is 18.4 Å². The van der Waals surface area contributed by atoms with E-state index in [0.29, 0.717) is 0 Å². The molecule has 0 aliphatic rings. The van der Waals surface area contributed by atoms with Crippen LogP contribution in [0.2, 0.25) is 0 Å². The molecule has 1 heterocycles. The van der Waals surface area contributed by atoms with Crippen molar-refractivity contribution in [1.82, 2.24) is 4.98 Å². The first-order chi connectivity index (χ1) is 6.89. The summed E-state index contributed by atoms with van der Waals surface area (Å²) in [7, 11) is -3.71. The molecule has 2 aromatic rings. The van der Waals surface area contributed by atoms with Crippen molar-refractivity contribution in [3.63, 3.8) is 0 Å². The quantitative estimate of drug-likeness (QED) is 0.749. The average Bonchev–Trinajstić information content (AvgIpc) is 2.56. The Hall–Kier alpha value is -1.50. The fourth-order valence-electron chi connectivity index (χ4n) is 1.08. The highest BCUT2D eigenvalue weighted by atomic mass is 32.2. The van der Waals surface area contributed by atoms with E-state index in [-0.39, 0.29) is 0 Å². The number of halogens is 2. The predicted molar refractivity (Wildman–Crippen MR) is 47.0 cm³/mol. The van der Waals surface area contributed by atoms with Crippen molar-refractivity contribution >= 4 is 20.9 Å². The normalized spacial score (nSPS) is 12.2. The Kier molecular flexibility index (Phi) is 2.00. The molecule has 0 saturated heterocycles. The van der Waals surface area contributed by atoms with Crippen LogP contribution in [0.3, 0.4) is 0 Å². The molecule has 80 valence electrons. The summed E-state index contributed by atoms with van der Waals surface area (Å²) in [5.41, 5.74) is -0.911. The maximum absolute atomic E-state index is 13.1. The van der Waals surface area contributed by atoms with Crippen molar-refractivity contribution in [2.24, 2.45) is 0 Å². The van der Waals surface area contributed by atoms with Gasteiger partial charge in [-0.25, -0.2) is 17.2 Å². The number of oxazole rings is 1. The number of hydrogen-bond acceptors (Lipinski definition) is 4. The molecule has 0 unspecified atom stereocenters. The van der Waals surface area contributed by atoms with Gasteiger partial charge in [0.2, 0.25) is 9.84 Å². The van der Waals surface area contributed by atoms with Crippen LogP contribution in [0.15, 0.2) is 21.8 Å². The molecule has 0 aliphatic heterocycles. The Bertz CT molecular complexity index is 594. The summed E-state index contributed by atoms with van der Waals surface area (Å²) in [6, 6.07) is 1.70. The van der Waals surface area contributed by atoms with Crippen LogP contribution in [0.1, 0.15) is 0 Å². The van der Waals surface area contributed by atoms with Gasteiger partial charge in [-0.3, -0.25) is 0 Å². The van der Waals surface area contributed by atoms with E-state index in [1.54, 1.807) is 0 Å². The van der Waals surface area contributed by atoms with E-state index in [2.05, 4.69) is 9.40 Å². The second-order valence-corrected chi connectivity index (χ2v) is 4.85. The second kappa shape index (κ2) is 2.99. The smallest absolute Gasteiger partial charge is 0.315 e. The molecule has 0 atom stereocenters. The van der Waals surface area contributed by atoms with Crippen molar-refractivity contribution < 1.29 is 21.6 Å². The van der Waals surface area contributed by atoms with Crippen LogP contribution in [0.25, 0.3) is 11.1 Å². The molecule has 1 aromatic carbocycles. The van der Waals surface area contributed by atoms with Gasteiger partial charge in [0.25, 0.3) is 0 Å². The van der Waals surface area contributed by atoms with Crippen molar-refractivity contribution in [1.29, 1.82) is 0 Å². The number of fused-ring (bicyclic) bond motifs is 1. The molecule has 2 rings (SSSR count). The first-order valence-electron chi connectivity index (χ1n) is 3.84. The minimum absolute atomic E-state index is 0.421. The highest BCUT2D eigenvalue weighted by Crippen LogP contribution is 2.23. The number of hydrogen-bond donors (Lipinski definition) is 0. The van der Waals surface area contributed by atoms with Gasteiger partial charge < -0.3 is 4.42 Å². The van der Waals surface area contributed by atoms with Crippen LogP contribution >= 0.6 is 0 Å². The molecule has 4 nitrogen and oxygen atoms in total. The molecule has 0 spiro atoms. The summed E-state index contributed by atoms with van der Waals surface area (Å²) in [5.74, 6) is -1.68. The van der Waals surface area contributed by atoms with Crippen molar-refractivity contribution in [2.45, 2.75) is 5.22 Å². The largest absolute Gasteiger partial charge is 0.425 e. The lowest BCUT2D eigenvalue weighted by Gasteiger charge is -1.89. The third-order valence-corrected chi connectivity index (χ3v) is 2.55. The zero-order valence-electron chi connectivity index (χ0n) is 7.49. The summed E-state index contributed by atoms with van der Waals surface area (Å²) in [5, 5.41) is -0.693. The van der Waals surface area contributed by atoms with Gasteiger partial charge in [-0.1, -0.05) is 0 Å². The monoisotopic (exact) mass is 233 g/mol. The van der Waals surface area contributed by atoms with Crippen LogP contribution < -0.4 is 0 Å².